The molecule has 42 heavy (non-hydrogen) atoms. The van der Waals surface area contributed by atoms with E-state index in [0.717, 1.165) is 48.2 Å². The number of aliphatic hydroxyl groups excluding tert-OH is 1. The first-order valence-electron chi connectivity index (χ1n) is 14.8. The summed E-state index contributed by atoms with van der Waals surface area (Å²) in [7, 11) is -2.83. The van der Waals surface area contributed by atoms with Crippen LogP contribution >= 0.6 is 0 Å². The van der Waals surface area contributed by atoms with Crippen LogP contribution in [0.2, 0.25) is 5.04 Å². The zero-order valence-corrected chi connectivity index (χ0v) is 25.8. The second-order valence-electron chi connectivity index (χ2n) is 12.3. The molecule has 0 saturated heterocycles. The number of rotatable bonds is 12. The van der Waals surface area contributed by atoms with Crippen molar-refractivity contribution >= 4 is 18.7 Å². The van der Waals surface area contributed by atoms with Crippen LogP contribution in [0.5, 0.6) is 0 Å². The van der Waals surface area contributed by atoms with Crippen LogP contribution in [0.3, 0.4) is 0 Å². The van der Waals surface area contributed by atoms with Gasteiger partial charge in [-0.05, 0) is 58.3 Å². The van der Waals surface area contributed by atoms with Gasteiger partial charge in [0.25, 0.3) is 8.32 Å². The molecule has 4 nitrogen and oxygen atoms in total. The average molecular weight is 601 g/mol. The van der Waals surface area contributed by atoms with Crippen molar-refractivity contribution in [1.82, 2.24) is 0 Å². The van der Waals surface area contributed by atoms with E-state index in [1.165, 1.54) is 12.1 Å². The lowest BCUT2D eigenvalue weighted by molar-refractivity contribution is -0.137. The van der Waals surface area contributed by atoms with Crippen molar-refractivity contribution in [2.45, 2.75) is 76.5 Å². The number of ether oxygens (including phenoxy) is 2. The molecular formula is C34H43F3O4Si. The van der Waals surface area contributed by atoms with E-state index in [0.29, 0.717) is 12.2 Å². The van der Waals surface area contributed by atoms with Crippen LogP contribution in [0, 0.1) is 5.92 Å². The first kappa shape index (κ1) is 32.4. The van der Waals surface area contributed by atoms with E-state index < -0.39 is 26.2 Å². The number of alkyl halides is 3. The molecule has 1 aliphatic rings. The molecule has 0 aliphatic heterocycles. The van der Waals surface area contributed by atoms with Gasteiger partial charge in [0, 0.05) is 6.61 Å². The SMILES string of the molecule is CC(C)(C)[Si](OC[C@H](CO[C@@H]1CCC[C@H](CO)C1)OCc1ccc(C(F)(F)F)cc1)(c1ccccc1)c1ccccc1. The van der Waals surface area contributed by atoms with Gasteiger partial charge in [-0.3, -0.25) is 0 Å². The summed E-state index contributed by atoms with van der Waals surface area (Å²) in [4.78, 5) is 0. The molecule has 0 heterocycles. The van der Waals surface area contributed by atoms with Gasteiger partial charge >= 0.3 is 6.18 Å². The quantitative estimate of drug-likeness (QED) is 0.234. The number of aliphatic hydroxyl groups is 1. The monoisotopic (exact) mass is 600 g/mol. The maximum atomic E-state index is 13.1. The summed E-state index contributed by atoms with van der Waals surface area (Å²) in [6.45, 7) is 7.50. The number of hydrogen-bond donors (Lipinski definition) is 1. The molecule has 0 radical (unpaired) electrons. The maximum absolute atomic E-state index is 13.1. The Kier molecular flexibility index (Phi) is 11.1. The third-order valence-corrected chi connectivity index (χ3v) is 13.2. The molecule has 1 N–H and O–H groups in total. The Morgan fingerprint density at radius 3 is 1.95 bits per heavy atom. The highest BCUT2D eigenvalue weighted by atomic mass is 28.4. The second-order valence-corrected chi connectivity index (χ2v) is 16.6. The Bertz CT molecular complexity index is 1170. The van der Waals surface area contributed by atoms with Gasteiger partial charge in [0.05, 0.1) is 31.5 Å². The molecule has 0 spiro atoms. The highest BCUT2D eigenvalue weighted by Gasteiger charge is 2.50. The van der Waals surface area contributed by atoms with Gasteiger partial charge in [-0.25, -0.2) is 0 Å². The van der Waals surface area contributed by atoms with Gasteiger partial charge in [-0.2, -0.15) is 13.2 Å². The topological polar surface area (TPSA) is 47.9 Å². The highest BCUT2D eigenvalue weighted by molar-refractivity contribution is 6.99. The van der Waals surface area contributed by atoms with Gasteiger partial charge in [-0.15, -0.1) is 0 Å². The first-order valence-corrected chi connectivity index (χ1v) is 16.7. The van der Waals surface area contributed by atoms with Gasteiger partial charge in [-0.1, -0.05) is 100.0 Å². The minimum absolute atomic E-state index is 0.0286. The fourth-order valence-electron chi connectivity index (χ4n) is 5.93. The van der Waals surface area contributed by atoms with E-state index in [2.05, 4.69) is 45.0 Å². The number of hydrogen-bond acceptors (Lipinski definition) is 4. The van der Waals surface area contributed by atoms with Crippen molar-refractivity contribution in [3.8, 4) is 0 Å². The third-order valence-electron chi connectivity index (χ3n) is 8.18. The molecule has 1 aliphatic carbocycles. The summed E-state index contributed by atoms with van der Waals surface area (Å²) in [5, 5.41) is 11.8. The zero-order chi connectivity index (χ0) is 30.2. The third kappa shape index (κ3) is 8.11. The van der Waals surface area contributed by atoms with Crippen LogP contribution in [-0.4, -0.2) is 45.5 Å². The smallest absolute Gasteiger partial charge is 0.405 e. The van der Waals surface area contributed by atoms with Gasteiger partial charge < -0.3 is 19.0 Å². The number of halogens is 3. The molecule has 4 rings (SSSR count). The molecular weight excluding hydrogens is 557 g/mol. The summed E-state index contributed by atoms with van der Waals surface area (Å²) >= 11 is 0. The van der Waals surface area contributed by atoms with Crippen LogP contribution in [0.25, 0.3) is 0 Å². The number of benzene rings is 3. The lowest BCUT2D eigenvalue weighted by Gasteiger charge is -2.43. The Morgan fingerprint density at radius 2 is 1.43 bits per heavy atom. The molecule has 0 aromatic heterocycles. The summed E-state index contributed by atoms with van der Waals surface area (Å²) in [6.07, 6.45) is -1.06. The van der Waals surface area contributed by atoms with E-state index in [1.54, 1.807) is 0 Å². The molecule has 3 atom stereocenters. The van der Waals surface area contributed by atoms with Crippen molar-refractivity contribution in [3.05, 3.63) is 96.1 Å². The molecule has 0 bridgehead atoms. The minimum Gasteiger partial charge on any atom is -0.405 e. The summed E-state index contributed by atoms with van der Waals surface area (Å²) in [6, 6.07) is 25.8. The second kappa shape index (κ2) is 14.3. The average Bonchev–Trinajstić information content (AvgIpc) is 2.98. The molecule has 8 heteroatoms. The molecule has 0 unspecified atom stereocenters. The van der Waals surface area contributed by atoms with Gasteiger partial charge in [0.1, 0.15) is 6.10 Å². The first-order chi connectivity index (χ1) is 20.0. The molecule has 228 valence electrons. The van der Waals surface area contributed by atoms with Gasteiger partial charge in [0.2, 0.25) is 0 Å². The fourth-order valence-corrected chi connectivity index (χ4v) is 10.5. The Balaban J connectivity index is 1.57. The Morgan fingerprint density at radius 1 is 0.833 bits per heavy atom. The van der Waals surface area contributed by atoms with Gasteiger partial charge in [0.15, 0.2) is 0 Å². The lowest BCUT2D eigenvalue weighted by atomic mass is 9.88. The van der Waals surface area contributed by atoms with Crippen LogP contribution in [-0.2, 0) is 26.7 Å². The predicted molar refractivity (Wildman–Crippen MR) is 162 cm³/mol. The molecule has 0 amide bonds. The van der Waals surface area contributed by atoms with E-state index in [9.17, 15) is 18.3 Å². The van der Waals surface area contributed by atoms with Crippen molar-refractivity contribution in [1.29, 1.82) is 0 Å². The maximum Gasteiger partial charge on any atom is 0.416 e. The fraction of sp³-hybridized carbons (Fsp3) is 0.471. The lowest BCUT2D eigenvalue weighted by Crippen LogP contribution is -2.67. The van der Waals surface area contributed by atoms with Crippen molar-refractivity contribution < 1.29 is 32.2 Å². The Hall–Kier alpha value is -2.49. The van der Waals surface area contributed by atoms with Crippen molar-refractivity contribution in [3.63, 3.8) is 0 Å². The van der Waals surface area contributed by atoms with Crippen LogP contribution in [0.15, 0.2) is 84.9 Å². The largest absolute Gasteiger partial charge is 0.416 e. The summed E-state index contributed by atoms with van der Waals surface area (Å²) in [5.74, 6) is 0.239. The van der Waals surface area contributed by atoms with Crippen LogP contribution < -0.4 is 10.4 Å². The van der Waals surface area contributed by atoms with Crippen molar-refractivity contribution in [2.24, 2.45) is 5.92 Å². The Labute approximate surface area is 249 Å². The van der Waals surface area contributed by atoms with Crippen molar-refractivity contribution in [2.75, 3.05) is 19.8 Å². The normalized spacial score (nSPS) is 19.0. The van der Waals surface area contributed by atoms with E-state index in [-0.39, 0.29) is 36.9 Å². The highest BCUT2D eigenvalue weighted by Crippen LogP contribution is 2.37. The van der Waals surface area contributed by atoms with Crippen LogP contribution in [0.1, 0.15) is 57.6 Å². The predicted octanol–water partition coefficient (Wildman–Crippen LogP) is 6.73. The molecule has 3 aromatic rings. The van der Waals surface area contributed by atoms with E-state index in [1.807, 2.05) is 36.4 Å². The molecule has 3 aromatic carbocycles. The molecule has 1 saturated carbocycles. The zero-order valence-electron chi connectivity index (χ0n) is 24.8. The standard InChI is InChI=1S/C34H43F3O4Si/c1-33(2,3)42(31-13-6-4-7-14-31,32-15-8-5-9-16-32)41-25-30(24-40-29-12-10-11-27(21-29)22-38)39-23-26-17-19-28(20-18-26)34(35,36)37/h4-9,13-20,27,29-30,38H,10-12,21-25H2,1-3H3/t27-,29+,30-/m0/s1. The van der Waals surface area contributed by atoms with Crippen LogP contribution in [0.4, 0.5) is 13.2 Å². The van der Waals surface area contributed by atoms with E-state index in [4.69, 9.17) is 13.9 Å². The minimum atomic E-state index is -4.38. The summed E-state index contributed by atoms with van der Waals surface area (Å²) < 4.78 is 59.0. The molecule has 1 fully saturated rings. The summed E-state index contributed by atoms with van der Waals surface area (Å²) in [5.41, 5.74) is -0.0339. The van der Waals surface area contributed by atoms with E-state index >= 15 is 0 Å².